The Morgan fingerprint density at radius 3 is 2.83 bits per heavy atom. The van der Waals surface area contributed by atoms with Crippen molar-refractivity contribution < 1.29 is 0 Å². The first kappa shape index (κ1) is 7.04. The topological polar surface area (TPSA) is 61.6 Å². The second-order valence-corrected chi connectivity index (χ2v) is 2.78. The molecule has 1 N–H and O–H groups in total. The van der Waals surface area contributed by atoms with Crippen LogP contribution in [0.3, 0.4) is 0 Å². The highest BCUT2D eigenvalue weighted by Crippen LogP contribution is 2.24. The molecule has 1 saturated carbocycles. The summed E-state index contributed by atoms with van der Waals surface area (Å²) in [5.41, 5.74) is 0.379. The van der Waals surface area contributed by atoms with Gasteiger partial charge in [-0.3, -0.25) is 0 Å². The highest BCUT2D eigenvalue weighted by Gasteiger charge is 2.22. The van der Waals surface area contributed by atoms with Gasteiger partial charge in [-0.05, 0) is 12.8 Å². The van der Waals surface area contributed by atoms with Crippen LogP contribution in [0.2, 0.25) is 0 Å². The fourth-order valence-corrected chi connectivity index (χ4v) is 0.946. The Balaban J connectivity index is 2.22. The maximum absolute atomic E-state index is 8.66. The number of hydrogen-bond acceptors (Lipinski definition) is 4. The SMILES string of the molecule is N#Cc1nccnc1NC1CC1. The fraction of sp³-hybridized carbons (Fsp3) is 0.375. The highest BCUT2D eigenvalue weighted by atomic mass is 15.1. The molecular weight excluding hydrogens is 152 g/mol. The molecule has 1 fully saturated rings. The van der Waals surface area contributed by atoms with E-state index in [2.05, 4.69) is 15.3 Å². The molecule has 1 heterocycles. The van der Waals surface area contributed by atoms with Crippen molar-refractivity contribution in [1.29, 1.82) is 5.26 Å². The molecule has 4 nitrogen and oxygen atoms in total. The summed E-state index contributed by atoms with van der Waals surface area (Å²) in [5, 5.41) is 11.8. The normalized spacial score (nSPS) is 15.2. The molecule has 60 valence electrons. The van der Waals surface area contributed by atoms with Gasteiger partial charge in [-0.1, -0.05) is 0 Å². The first-order valence-electron chi connectivity index (χ1n) is 3.88. The van der Waals surface area contributed by atoms with Crippen LogP contribution in [0, 0.1) is 11.3 Å². The van der Waals surface area contributed by atoms with Gasteiger partial charge in [0.05, 0.1) is 0 Å². The molecule has 0 radical (unpaired) electrons. The van der Waals surface area contributed by atoms with Crippen LogP contribution in [0.1, 0.15) is 18.5 Å². The van der Waals surface area contributed by atoms with Crippen molar-refractivity contribution in [2.24, 2.45) is 0 Å². The van der Waals surface area contributed by atoms with Crippen molar-refractivity contribution in [2.45, 2.75) is 18.9 Å². The van der Waals surface area contributed by atoms with Gasteiger partial charge in [-0.25, -0.2) is 9.97 Å². The van der Waals surface area contributed by atoms with Crippen LogP contribution in [0.4, 0.5) is 5.82 Å². The molecular formula is C8H8N4. The third kappa shape index (κ3) is 1.35. The summed E-state index contributed by atoms with van der Waals surface area (Å²) in [6, 6.07) is 2.50. The monoisotopic (exact) mass is 160 g/mol. The van der Waals surface area contributed by atoms with Crippen LogP contribution in [-0.2, 0) is 0 Å². The van der Waals surface area contributed by atoms with Crippen LogP contribution in [-0.4, -0.2) is 16.0 Å². The molecule has 1 aromatic heterocycles. The maximum atomic E-state index is 8.66. The Labute approximate surface area is 70.3 Å². The fourth-order valence-electron chi connectivity index (χ4n) is 0.946. The van der Waals surface area contributed by atoms with Crippen molar-refractivity contribution in [3.8, 4) is 6.07 Å². The summed E-state index contributed by atoms with van der Waals surface area (Å²) in [5.74, 6) is 0.613. The number of rotatable bonds is 2. The van der Waals surface area contributed by atoms with Gasteiger partial charge in [-0.2, -0.15) is 5.26 Å². The summed E-state index contributed by atoms with van der Waals surface area (Å²) in [6.45, 7) is 0. The standard InChI is InChI=1S/C8H8N4/c9-5-7-8(11-4-3-10-7)12-6-1-2-6/h3-4,6H,1-2H2,(H,11,12). The smallest absolute Gasteiger partial charge is 0.182 e. The Morgan fingerprint density at radius 1 is 1.42 bits per heavy atom. The Bertz CT molecular complexity index is 324. The average molecular weight is 160 g/mol. The van der Waals surface area contributed by atoms with E-state index in [-0.39, 0.29) is 0 Å². The molecule has 0 spiro atoms. The number of anilines is 1. The van der Waals surface area contributed by atoms with E-state index in [1.807, 2.05) is 6.07 Å². The number of nitrogens with zero attached hydrogens (tertiary/aromatic N) is 3. The van der Waals surface area contributed by atoms with Gasteiger partial charge < -0.3 is 5.32 Å². The zero-order chi connectivity index (χ0) is 8.39. The van der Waals surface area contributed by atoms with Crippen LogP contribution < -0.4 is 5.32 Å². The predicted molar refractivity (Wildman–Crippen MR) is 43.4 cm³/mol. The van der Waals surface area contributed by atoms with Crippen LogP contribution >= 0.6 is 0 Å². The molecule has 0 aliphatic heterocycles. The zero-order valence-corrected chi connectivity index (χ0v) is 6.49. The van der Waals surface area contributed by atoms with E-state index in [4.69, 9.17) is 5.26 Å². The van der Waals surface area contributed by atoms with Crippen molar-refractivity contribution >= 4 is 5.82 Å². The zero-order valence-electron chi connectivity index (χ0n) is 6.49. The molecule has 0 unspecified atom stereocenters. The molecule has 4 heteroatoms. The first-order chi connectivity index (χ1) is 5.90. The lowest BCUT2D eigenvalue weighted by atomic mass is 10.4. The maximum Gasteiger partial charge on any atom is 0.182 e. The third-order valence-electron chi connectivity index (χ3n) is 1.72. The van der Waals surface area contributed by atoms with Crippen molar-refractivity contribution in [1.82, 2.24) is 9.97 Å². The second kappa shape index (κ2) is 2.78. The summed E-state index contributed by atoms with van der Waals surface area (Å²) in [4.78, 5) is 7.93. The lowest BCUT2D eigenvalue weighted by Gasteiger charge is -2.02. The minimum absolute atomic E-state index is 0.379. The Kier molecular flexibility index (Phi) is 1.63. The van der Waals surface area contributed by atoms with Gasteiger partial charge in [0.1, 0.15) is 6.07 Å². The van der Waals surface area contributed by atoms with Crippen molar-refractivity contribution in [2.75, 3.05) is 5.32 Å². The second-order valence-electron chi connectivity index (χ2n) is 2.78. The van der Waals surface area contributed by atoms with E-state index in [1.54, 1.807) is 6.20 Å². The molecule has 0 atom stereocenters. The number of aromatic nitrogens is 2. The third-order valence-corrected chi connectivity index (χ3v) is 1.72. The molecule has 0 aromatic carbocycles. The number of nitriles is 1. The summed E-state index contributed by atoms with van der Waals surface area (Å²) < 4.78 is 0. The lowest BCUT2D eigenvalue weighted by Crippen LogP contribution is -2.05. The van der Waals surface area contributed by atoms with Crippen molar-refractivity contribution in [3.63, 3.8) is 0 Å². The van der Waals surface area contributed by atoms with Gasteiger partial charge in [0.25, 0.3) is 0 Å². The number of hydrogen-bond donors (Lipinski definition) is 1. The molecule has 12 heavy (non-hydrogen) atoms. The molecule has 1 aliphatic carbocycles. The van der Waals surface area contributed by atoms with Crippen LogP contribution in [0.15, 0.2) is 12.4 Å². The van der Waals surface area contributed by atoms with E-state index in [1.165, 1.54) is 19.0 Å². The predicted octanol–water partition coefficient (Wildman–Crippen LogP) is 0.923. The van der Waals surface area contributed by atoms with E-state index >= 15 is 0 Å². The molecule has 1 aromatic rings. The quantitative estimate of drug-likeness (QED) is 0.698. The highest BCUT2D eigenvalue weighted by molar-refractivity contribution is 5.48. The minimum Gasteiger partial charge on any atom is -0.365 e. The van der Waals surface area contributed by atoms with E-state index in [0.717, 1.165) is 0 Å². The van der Waals surface area contributed by atoms with E-state index < -0.39 is 0 Å². The largest absolute Gasteiger partial charge is 0.365 e. The van der Waals surface area contributed by atoms with Crippen LogP contribution in [0.25, 0.3) is 0 Å². The van der Waals surface area contributed by atoms with Gasteiger partial charge in [0.2, 0.25) is 0 Å². The number of nitrogens with one attached hydrogen (secondary N) is 1. The summed E-state index contributed by atoms with van der Waals surface area (Å²) >= 11 is 0. The summed E-state index contributed by atoms with van der Waals surface area (Å²) in [7, 11) is 0. The first-order valence-corrected chi connectivity index (χ1v) is 3.88. The summed E-state index contributed by atoms with van der Waals surface area (Å²) in [6.07, 6.45) is 5.45. The van der Waals surface area contributed by atoms with E-state index in [0.29, 0.717) is 17.6 Å². The van der Waals surface area contributed by atoms with Gasteiger partial charge in [0, 0.05) is 18.4 Å². The Hall–Kier alpha value is -1.63. The molecule has 2 rings (SSSR count). The lowest BCUT2D eigenvalue weighted by molar-refractivity contribution is 1.07. The molecule has 0 bridgehead atoms. The van der Waals surface area contributed by atoms with Gasteiger partial charge in [-0.15, -0.1) is 0 Å². The molecule has 1 aliphatic rings. The van der Waals surface area contributed by atoms with E-state index in [9.17, 15) is 0 Å². The average Bonchev–Trinajstić information content (AvgIpc) is 2.89. The molecule has 0 saturated heterocycles. The molecule has 0 amide bonds. The van der Waals surface area contributed by atoms with Crippen molar-refractivity contribution in [3.05, 3.63) is 18.1 Å². The van der Waals surface area contributed by atoms with Gasteiger partial charge in [0.15, 0.2) is 11.5 Å². The van der Waals surface area contributed by atoms with Gasteiger partial charge >= 0.3 is 0 Å². The Morgan fingerprint density at radius 2 is 2.17 bits per heavy atom. The van der Waals surface area contributed by atoms with Crippen LogP contribution in [0.5, 0.6) is 0 Å². The minimum atomic E-state index is 0.379.